The van der Waals surface area contributed by atoms with Gasteiger partial charge in [0.2, 0.25) is 5.78 Å². The van der Waals surface area contributed by atoms with E-state index in [4.69, 9.17) is 9.15 Å². The number of phenolic OH excluding ortho intramolecular Hbond substituents is 1. The number of ether oxygens (including phenoxy) is 1. The molecule has 0 amide bonds. The Bertz CT molecular complexity index is 786. The van der Waals surface area contributed by atoms with E-state index < -0.39 is 0 Å². The SMILES string of the molecule is COc1ccccc1C(=O)c1coc2ccc(O)cc12. The molecule has 0 bridgehead atoms. The Morgan fingerprint density at radius 3 is 2.75 bits per heavy atom. The maximum Gasteiger partial charge on any atom is 0.200 e. The molecule has 0 fully saturated rings. The quantitative estimate of drug-likeness (QED) is 0.740. The summed E-state index contributed by atoms with van der Waals surface area (Å²) in [5.41, 5.74) is 1.42. The highest BCUT2D eigenvalue weighted by Crippen LogP contribution is 2.29. The molecule has 20 heavy (non-hydrogen) atoms. The second-order valence-electron chi connectivity index (χ2n) is 4.36. The van der Waals surface area contributed by atoms with E-state index in [0.717, 1.165) is 0 Å². The molecule has 4 heteroatoms. The van der Waals surface area contributed by atoms with Crippen LogP contribution in [0.2, 0.25) is 0 Å². The summed E-state index contributed by atoms with van der Waals surface area (Å²) in [4.78, 5) is 12.6. The molecule has 0 unspecified atom stereocenters. The van der Waals surface area contributed by atoms with E-state index in [0.29, 0.717) is 27.8 Å². The zero-order chi connectivity index (χ0) is 14.1. The van der Waals surface area contributed by atoms with Crippen molar-refractivity contribution in [3.8, 4) is 11.5 Å². The number of fused-ring (bicyclic) bond motifs is 1. The summed E-state index contributed by atoms with van der Waals surface area (Å²) in [5.74, 6) is 0.395. The lowest BCUT2D eigenvalue weighted by Crippen LogP contribution is -2.02. The van der Waals surface area contributed by atoms with Gasteiger partial charge in [0.25, 0.3) is 0 Å². The number of para-hydroxylation sites is 1. The van der Waals surface area contributed by atoms with Gasteiger partial charge in [0.1, 0.15) is 23.3 Å². The van der Waals surface area contributed by atoms with Gasteiger partial charge < -0.3 is 14.3 Å². The van der Waals surface area contributed by atoms with Gasteiger partial charge in [-0.1, -0.05) is 12.1 Å². The summed E-state index contributed by atoms with van der Waals surface area (Å²) in [6.07, 6.45) is 1.40. The summed E-state index contributed by atoms with van der Waals surface area (Å²) in [6.45, 7) is 0. The van der Waals surface area contributed by atoms with Crippen molar-refractivity contribution in [2.75, 3.05) is 7.11 Å². The number of aromatic hydroxyl groups is 1. The van der Waals surface area contributed by atoms with Crippen LogP contribution in [0.25, 0.3) is 11.0 Å². The molecule has 1 heterocycles. The molecule has 0 saturated heterocycles. The molecule has 0 atom stereocenters. The van der Waals surface area contributed by atoms with Crippen molar-refractivity contribution in [3.63, 3.8) is 0 Å². The lowest BCUT2D eigenvalue weighted by atomic mass is 10.0. The highest BCUT2D eigenvalue weighted by Gasteiger charge is 2.19. The molecule has 0 saturated carbocycles. The second kappa shape index (κ2) is 4.74. The molecule has 3 rings (SSSR count). The Labute approximate surface area is 115 Å². The van der Waals surface area contributed by atoms with E-state index in [2.05, 4.69) is 0 Å². The number of methoxy groups -OCH3 is 1. The minimum Gasteiger partial charge on any atom is -0.508 e. The molecule has 0 radical (unpaired) electrons. The third kappa shape index (κ3) is 1.91. The van der Waals surface area contributed by atoms with E-state index >= 15 is 0 Å². The Morgan fingerprint density at radius 1 is 1.15 bits per heavy atom. The van der Waals surface area contributed by atoms with Crippen molar-refractivity contribution in [1.29, 1.82) is 0 Å². The molecular formula is C16H12O4. The van der Waals surface area contributed by atoms with Crippen molar-refractivity contribution in [3.05, 3.63) is 59.9 Å². The van der Waals surface area contributed by atoms with Crippen molar-refractivity contribution in [1.82, 2.24) is 0 Å². The fraction of sp³-hybridized carbons (Fsp3) is 0.0625. The van der Waals surface area contributed by atoms with Gasteiger partial charge in [0, 0.05) is 5.39 Å². The number of hydrogen-bond donors (Lipinski definition) is 1. The van der Waals surface area contributed by atoms with Gasteiger partial charge in [-0.2, -0.15) is 0 Å². The summed E-state index contributed by atoms with van der Waals surface area (Å²) in [6, 6.07) is 11.7. The largest absolute Gasteiger partial charge is 0.508 e. The van der Waals surface area contributed by atoms with E-state index in [9.17, 15) is 9.90 Å². The molecule has 0 aliphatic rings. The Kier molecular flexibility index (Phi) is 2.91. The predicted molar refractivity (Wildman–Crippen MR) is 74.3 cm³/mol. The van der Waals surface area contributed by atoms with Crippen LogP contribution in [-0.2, 0) is 0 Å². The average Bonchev–Trinajstić information content (AvgIpc) is 2.89. The molecule has 0 aliphatic heterocycles. The summed E-state index contributed by atoms with van der Waals surface area (Å²) < 4.78 is 10.5. The molecule has 1 N–H and O–H groups in total. The molecule has 0 aliphatic carbocycles. The summed E-state index contributed by atoms with van der Waals surface area (Å²) in [7, 11) is 1.52. The summed E-state index contributed by atoms with van der Waals surface area (Å²) in [5, 5.41) is 10.1. The van der Waals surface area contributed by atoms with E-state index in [1.807, 2.05) is 0 Å². The number of hydrogen-bond acceptors (Lipinski definition) is 4. The zero-order valence-corrected chi connectivity index (χ0v) is 10.8. The Hall–Kier alpha value is -2.75. The molecule has 3 aromatic rings. The Morgan fingerprint density at radius 2 is 1.95 bits per heavy atom. The van der Waals surface area contributed by atoms with E-state index in [1.165, 1.54) is 25.5 Å². The van der Waals surface area contributed by atoms with Gasteiger partial charge in [-0.25, -0.2) is 0 Å². The first-order valence-electron chi connectivity index (χ1n) is 6.08. The van der Waals surface area contributed by atoms with Crippen molar-refractivity contribution in [2.45, 2.75) is 0 Å². The van der Waals surface area contributed by atoms with Crippen LogP contribution in [0.4, 0.5) is 0 Å². The van der Waals surface area contributed by atoms with Crippen LogP contribution in [0, 0.1) is 0 Å². The minimum atomic E-state index is -0.202. The maximum absolute atomic E-state index is 12.6. The van der Waals surface area contributed by atoms with Crippen molar-refractivity contribution in [2.24, 2.45) is 0 Å². The van der Waals surface area contributed by atoms with Crippen molar-refractivity contribution < 1.29 is 19.1 Å². The zero-order valence-electron chi connectivity index (χ0n) is 10.8. The van der Waals surface area contributed by atoms with Gasteiger partial charge >= 0.3 is 0 Å². The van der Waals surface area contributed by atoms with Crippen molar-refractivity contribution >= 4 is 16.8 Å². The van der Waals surface area contributed by atoms with Crippen LogP contribution in [0.15, 0.2) is 53.1 Å². The first-order chi connectivity index (χ1) is 9.70. The minimum absolute atomic E-state index is 0.0907. The average molecular weight is 268 g/mol. The van der Waals surface area contributed by atoms with Gasteiger partial charge in [0.15, 0.2) is 0 Å². The molecule has 100 valence electrons. The third-order valence-corrected chi connectivity index (χ3v) is 3.15. The van der Waals surface area contributed by atoms with Gasteiger partial charge in [-0.05, 0) is 30.3 Å². The normalized spacial score (nSPS) is 10.7. The predicted octanol–water partition coefficient (Wildman–Crippen LogP) is 3.38. The fourth-order valence-corrected chi connectivity index (χ4v) is 2.17. The molecule has 4 nitrogen and oxygen atoms in total. The van der Waals surface area contributed by atoms with Crippen LogP contribution in [0.5, 0.6) is 11.5 Å². The lowest BCUT2D eigenvalue weighted by Gasteiger charge is -2.06. The number of rotatable bonds is 3. The van der Waals surface area contributed by atoms with Crippen LogP contribution < -0.4 is 4.74 Å². The number of furan rings is 1. The summed E-state index contributed by atoms with van der Waals surface area (Å²) >= 11 is 0. The number of carbonyl (C=O) groups excluding carboxylic acids is 1. The van der Waals surface area contributed by atoms with E-state index in [-0.39, 0.29) is 11.5 Å². The number of carbonyl (C=O) groups is 1. The molecule has 1 aromatic heterocycles. The van der Waals surface area contributed by atoms with Gasteiger partial charge in [0.05, 0.1) is 18.2 Å². The van der Waals surface area contributed by atoms with Crippen LogP contribution in [0.3, 0.4) is 0 Å². The highest BCUT2D eigenvalue weighted by molar-refractivity contribution is 6.17. The molecule has 2 aromatic carbocycles. The molecule has 0 spiro atoms. The second-order valence-corrected chi connectivity index (χ2v) is 4.36. The number of phenols is 1. The third-order valence-electron chi connectivity index (χ3n) is 3.15. The highest BCUT2D eigenvalue weighted by atomic mass is 16.5. The standard InChI is InChI=1S/C16H12O4/c1-19-14-5-3-2-4-11(14)16(18)13-9-20-15-7-6-10(17)8-12(13)15/h2-9,17H,1H3. The van der Waals surface area contributed by atoms with E-state index in [1.54, 1.807) is 30.3 Å². The monoisotopic (exact) mass is 268 g/mol. The molecular weight excluding hydrogens is 256 g/mol. The van der Waals surface area contributed by atoms with Crippen LogP contribution in [-0.4, -0.2) is 18.0 Å². The number of benzene rings is 2. The topological polar surface area (TPSA) is 59.7 Å². The van der Waals surface area contributed by atoms with Gasteiger partial charge in [-0.15, -0.1) is 0 Å². The lowest BCUT2D eigenvalue weighted by molar-refractivity contribution is 0.103. The van der Waals surface area contributed by atoms with Crippen LogP contribution in [0.1, 0.15) is 15.9 Å². The first kappa shape index (κ1) is 12.3. The fourth-order valence-electron chi connectivity index (χ4n) is 2.17. The van der Waals surface area contributed by atoms with Crippen LogP contribution >= 0.6 is 0 Å². The smallest absolute Gasteiger partial charge is 0.200 e. The first-order valence-corrected chi connectivity index (χ1v) is 6.08. The number of ketones is 1. The maximum atomic E-state index is 12.6. The van der Waals surface area contributed by atoms with Gasteiger partial charge in [-0.3, -0.25) is 4.79 Å². The Balaban J connectivity index is 2.15.